The summed E-state index contributed by atoms with van der Waals surface area (Å²) in [6, 6.07) is 9.69. The molecule has 0 radical (unpaired) electrons. The van der Waals surface area contributed by atoms with E-state index < -0.39 is 17.6 Å². The van der Waals surface area contributed by atoms with Crippen molar-refractivity contribution in [1.29, 1.82) is 5.26 Å². The third-order valence-electron chi connectivity index (χ3n) is 5.83. The Morgan fingerprint density at radius 2 is 1.27 bits per heavy atom. The number of ether oxygens (including phenoxy) is 2. The van der Waals surface area contributed by atoms with Crippen molar-refractivity contribution in [3.8, 4) is 17.6 Å². The van der Waals surface area contributed by atoms with E-state index in [-0.39, 0.29) is 17.8 Å². The smallest absolute Gasteiger partial charge is 0.335 e. The second kappa shape index (κ2) is 12.2. The standard InChI is InChI=1S/C13H14FNO.C13H15FO3/c14-11-6-10(9-15)7-13(8-11)16-12-4-2-1-3-5-12;14-10-6-9(13(15)16)7-12(8-10)17-11-4-2-1-3-5-11/h6-8,12H,1-5H2;6-8,11H,1-5H2,(H,15,16). The number of hydrogen-bond acceptors (Lipinski definition) is 4. The Morgan fingerprint density at radius 3 is 1.76 bits per heavy atom. The van der Waals surface area contributed by atoms with Gasteiger partial charge in [-0.2, -0.15) is 5.26 Å². The molecule has 2 aromatic rings. The van der Waals surface area contributed by atoms with Crippen LogP contribution in [0.15, 0.2) is 36.4 Å². The first-order chi connectivity index (χ1) is 15.9. The molecule has 176 valence electrons. The fraction of sp³-hybridized carbons (Fsp3) is 0.462. The first kappa shape index (κ1) is 24.5. The van der Waals surface area contributed by atoms with E-state index in [1.807, 2.05) is 6.07 Å². The maximum atomic E-state index is 13.2. The van der Waals surface area contributed by atoms with Gasteiger partial charge in [0.25, 0.3) is 0 Å². The van der Waals surface area contributed by atoms with Gasteiger partial charge in [0.2, 0.25) is 0 Å². The predicted octanol–water partition coefficient (Wildman–Crippen LogP) is 6.64. The molecule has 4 rings (SSSR count). The number of hydrogen-bond donors (Lipinski definition) is 1. The van der Waals surface area contributed by atoms with Crippen molar-refractivity contribution in [2.24, 2.45) is 0 Å². The van der Waals surface area contributed by atoms with Gasteiger partial charge in [-0.3, -0.25) is 0 Å². The van der Waals surface area contributed by atoms with Crippen LogP contribution in [0.3, 0.4) is 0 Å². The molecule has 2 aliphatic carbocycles. The van der Waals surface area contributed by atoms with Crippen LogP contribution in [-0.2, 0) is 0 Å². The van der Waals surface area contributed by atoms with Crippen LogP contribution in [0.4, 0.5) is 8.78 Å². The van der Waals surface area contributed by atoms with Gasteiger partial charge in [-0.15, -0.1) is 0 Å². The topological polar surface area (TPSA) is 79.5 Å². The zero-order valence-electron chi connectivity index (χ0n) is 18.6. The highest BCUT2D eigenvalue weighted by Crippen LogP contribution is 2.26. The maximum Gasteiger partial charge on any atom is 0.335 e. The highest BCUT2D eigenvalue weighted by Gasteiger charge is 2.17. The highest BCUT2D eigenvalue weighted by molar-refractivity contribution is 5.88. The largest absolute Gasteiger partial charge is 0.490 e. The van der Waals surface area contributed by atoms with Gasteiger partial charge >= 0.3 is 5.97 Å². The molecule has 2 saturated carbocycles. The van der Waals surface area contributed by atoms with Gasteiger partial charge in [0, 0.05) is 12.1 Å². The zero-order valence-corrected chi connectivity index (χ0v) is 18.6. The summed E-state index contributed by atoms with van der Waals surface area (Å²) in [5.41, 5.74) is 0.238. The summed E-state index contributed by atoms with van der Waals surface area (Å²) >= 11 is 0. The van der Waals surface area contributed by atoms with Crippen LogP contribution in [0.1, 0.15) is 80.1 Å². The van der Waals surface area contributed by atoms with Crippen molar-refractivity contribution < 1.29 is 28.2 Å². The van der Waals surface area contributed by atoms with E-state index in [2.05, 4.69) is 0 Å². The number of carbonyl (C=O) groups is 1. The highest BCUT2D eigenvalue weighted by atomic mass is 19.1. The molecule has 0 saturated heterocycles. The number of carboxylic acid groups (broad SMARTS) is 1. The molecule has 0 heterocycles. The summed E-state index contributed by atoms with van der Waals surface area (Å²) in [6.07, 6.45) is 11.3. The minimum atomic E-state index is -1.14. The van der Waals surface area contributed by atoms with Crippen molar-refractivity contribution in [3.63, 3.8) is 0 Å². The molecule has 1 N–H and O–H groups in total. The molecule has 33 heavy (non-hydrogen) atoms. The Labute approximate surface area is 192 Å². The summed E-state index contributed by atoms with van der Waals surface area (Å²) in [4.78, 5) is 10.8. The molecule has 0 bridgehead atoms. The van der Waals surface area contributed by atoms with E-state index in [1.54, 1.807) is 6.07 Å². The molecular formula is C26H29F2NO4. The minimum Gasteiger partial charge on any atom is -0.490 e. The van der Waals surface area contributed by atoms with Crippen LogP contribution < -0.4 is 9.47 Å². The number of benzene rings is 2. The lowest BCUT2D eigenvalue weighted by atomic mass is 9.98. The van der Waals surface area contributed by atoms with E-state index in [9.17, 15) is 13.6 Å². The molecule has 0 atom stereocenters. The second-order valence-corrected chi connectivity index (χ2v) is 8.52. The number of aromatic carboxylic acids is 1. The van der Waals surface area contributed by atoms with Crippen LogP contribution in [0.25, 0.3) is 0 Å². The minimum absolute atomic E-state index is 0.0733. The summed E-state index contributed by atoms with van der Waals surface area (Å²) in [5, 5.41) is 17.5. The number of rotatable bonds is 5. The molecule has 2 aliphatic rings. The Hall–Kier alpha value is -3.14. The third-order valence-corrected chi connectivity index (χ3v) is 5.83. The fourth-order valence-electron chi connectivity index (χ4n) is 4.20. The van der Waals surface area contributed by atoms with Crippen LogP contribution in [0, 0.1) is 23.0 Å². The first-order valence-electron chi connectivity index (χ1n) is 11.5. The van der Waals surface area contributed by atoms with Gasteiger partial charge in [0.15, 0.2) is 0 Å². The molecule has 0 aliphatic heterocycles. The Balaban J connectivity index is 0.000000186. The van der Waals surface area contributed by atoms with Crippen molar-refractivity contribution in [2.75, 3.05) is 0 Å². The molecule has 0 unspecified atom stereocenters. The average Bonchev–Trinajstić information content (AvgIpc) is 2.80. The van der Waals surface area contributed by atoms with Crippen molar-refractivity contribution in [3.05, 3.63) is 59.2 Å². The molecule has 0 amide bonds. The third kappa shape index (κ3) is 8.05. The number of halogens is 2. The quantitative estimate of drug-likeness (QED) is 0.544. The average molecular weight is 458 g/mol. The molecule has 2 aromatic carbocycles. The van der Waals surface area contributed by atoms with Crippen LogP contribution in [0.5, 0.6) is 11.5 Å². The van der Waals surface area contributed by atoms with Gasteiger partial charge < -0.3 is 14.6 Å². The summed E-state index contributed by atoms with van der Waals surface area (Å²) < 4.78 is 37.6. The fourth-order valence-corrected chi connectivity index (χ4v) is 4.20. The summed E-state index contributed by atoms with van der Waals surface area (Å²) in [6.45, 7) is 0. The summed E-state index contributed by atoms with van der Waals surface area (Å²) in [5.74, 6) is -1.34. The first-order valence-corrected chi connectivity index (χ1v) is 11.5. The normalized spacial score (nSPS) is 16.8. The predicted molar refractivity (Wildman–Crippen MR) is 119 cm³/mol. The lowest BCUT2D eigenvalue weighted by Gasteiger charge is -2.23. The molecule has 0 aromatic heterocycles. The Kier molecular flexibility index (Phi) is 9.05. The van der Waals surface area contributed by atoms with E-state index in [1.165, 1.54) is 49.9 Å². The Bertz CT molecular complexity index is 977. The molecule has 0 spiro atoms. The van der Waals surface area contributed by atoms with Crippen molar-refractivity contribution >= 4 is 5.97 Å². The van der Waals surface area contributed by atoms with Gasteiger partial charge in [0.05, 0.1) is 29.4 Å². The van der Waals surface area contributed by atoms with Crippen molar-refractivity contribution in [2.45, 2.75) is 76.4 Å². The SMILES string of the molecule is N#Cc1cc(F)cc(OC2CCCCC2)c1.O=C(O)c1cc(F)cc(OC2CCCCC2)c1. The molecule has 7 heteroatoms. The molecule has 2 fully saturated rings. The maximum absolute atomic E-state index is 13.2. The van der Waals surface area contributed by atoms with Gasteiger partial charge in [-0.25, -0.2) is 13.6 Å². The van der Waals surface area contributed by atoms with E-state index >= 15 is 0 Å². The van der Waals surface area contributed by atoms with Gasteiger partial charge in [0.1, 0.15) is 23.1 Å². The van der Waals surface area contributed by atoms with E-state index in [0.29, 0.717) is 17.1 Å². The van der Waals surface area contributed by atoms with Crippen LogP contribution >= 0.6 is 0 Å². The lowest BCUT2D eigenvalue weighted by molar-refractivity contribution is 0.0695. The molecule has 5 nitrogen and oxygen atoms in total. The van der Waals surface area contributed by atoms with E-state index in [0.717, 1.165) is 44.6 Å². The lowest BCUT2D eigenvalue weighted by Crippen LogP contribution is -2.19. The Morgan fingerprint density at radius 1 is 0.788 bits per heavy atom. The van der Waals surface area contributed by atoms with E-state index in [4.69, 9.17) is 19.8 Å². The number of nitrogens with zero attached hydrogens (tertiary/aromatic N) is 1. The zero-order chi connectivity index (χ0) is 23.6. The van der Waals surface area contributed by atoms with Gasteiger partial charge in [-0.1, -0.05) is 12.8 Å². The molecular weight excluding hydrogens is 428 g/mol. The summed E-state index contributed by atoms with van der Waals surface area (Å²) in [7, 11) is 0. The van der Waals surface area contributed by atoms with Crippen LogP contribution in [-0.4, -0.2) is 23.3 Å². The van der Waals surface area contributed by atoms with Crippen molar-refractivity contribution in [1.82, 2.24) is 0 Å². The monoisotopic (exact) mass is 457 g/mol. The number of carboxylic acids is 1. The van der Waals surface area contributed by atoms with Gasteiger partial charge in [-0.05, 0) is 75.6 Å². The van der Waals surface area contributed by atoms with Crippen LogP contribution in [0.2, 0.25) is 0 Å². The second-order valence-electron chi connectivity index (χ2n) is 8.52. The number of nitriles is 1.